The third-order valence-corrected chi connectivity index (χ3v) is 2.57. The van der Waals surface area contributed by atoms with Crippen LogP contribution in [0.2, 0.25) is 0 Å². The Morgan fingerprint density at radius 2 is 2.37 bits per heavy atom. The molecule has 0 radical (unpaired) electrons. The van der Waals surface area contributed by atoms with Gasteiger partial charge < -0.3 is 16.2 Å². The molecule has 0 amide bonds. The van der Waals surface area contributed by atoms with E-state index in [0.717, 1.165) is 11.3 Å². The van der Waals surface area contributed by atoms with Crippen molar-refractivity contribution in [2.24, 2.45) is 16.6 Å². The lowest BCUT2D eigenvalue weighted by molar-refractivity contribution is 0.229. The zero-order valence-electron chi connectivity index (χ0n) is 11.3. The predicted octanol–water partition coefficient (Wildman–Crippen LogP) is 0.713. The third-order valence-electron chi connectivity index (χ3n) is 2.57. The SMILES string of the molecule is C=C(C)CNC(N)=NCC(CO)Cc1ccccn1. The number of pyridine rings is 1. The number of guanidine groups is 1. The molecule has 0 saturated carbocycles. The largest absolute Gasteiger partial charge is 0.396 e. The van der Waals surface area contributed by atoms with Crippen LogP contribution in [-0.2, 0) is 6.42 Å². The van der Waals surface area contributed by atoms with Crippen LogP contribution in [0.1, 0.15) is 12.6 Å². The van der Waals surface area contributed by atoms with Crippen LogP contribution in [0.15, 0.2) is 41.5 Å². The summed E-state index contributed by atoms with van der Waals surface area (Å²) in [5.41, 5.74) is 7.66. The van der Waals surface area contributed by atoms with E-state index in [1.54, 1.807) is 6.20 Å². The van der Waals surface area contributed by atoms with Crippen molar-refractivity contribution in [1.82, 2.24) is 10.3 Å². The molecular weight excluding hydrogens is 240 g/mol. The fraction of sp³-hybridized carbons (Fsp3) is 0.429. The number of aliphatic hydroxyl groups excluding tert-OH is 1. The number of nitrogens with zero attached hydrogens (tertiary/aromatic N) is 2. The first-order chi connectivity index (χ1) is 9.11. The lowest BCUT2D eigenvalue weighted by Crippen LogP contribution is -2.33. The second kappa shape index (κ2) is 8.26. The van der Waals surface area contributed by atoms with Gasteiger partial charge in [0.05, 0.1) is 0 Å². The maximum Gasteiger partial charge on any atom is 0.188 e. The van der Waals surface area contributed by atoms with Gasteiger partial charge in [0.1, 0.15) is 0 Å². The molecule has 0 aliphatic carbocycles. The van der Waals surface area contributed by atoms with Crippen molar-refractivity contribution in [3.63, 3.8) is 0 Å². The number of hydrogen-bond acceptors (Lipinski definition) is 3. The first-order valence-corrected chi connectivity index (χ1v) is 6.30. The lowest BCUT2D eigenvalue weighted by atomic mass is 10.0. The van der Waals surface area contributed by atoms with Crippen molar-refractivity contribution in [2.45, 2.75) is 13.3 Å². The number of aliphatic imine (C=N–C) groups is 1. The number of rotatable bonds is 7. The van der Waals surface area contributed by atoms with Crippen LogP contribution in [0.4, 0.5) is 0 Å². The minimum absolute atomic E-state index is 0.0279. The van der Waals surface area contributed by atoms with Gasteiger partial charge in [-0.3, -0.25) is 9.98 Å². The average molecular weight is 262 g/mol. The summed E-state index contributed by atoms with van der Waals surface area (Å²) in [5, 5.41) is 12.3. The Morgan fingerprint density at radius 3 is 2.95 bits per heavy atom. The van der Waals surface area contributed by atoms with Gasteiger partial charge >= 0.3 is 0 Å². The molecule has 0 aliphatic rings. The number of aliphatic hydroxyl groups is 1. The monoisotopic (exact) mass is 262 g/mol. The Bertz CT molecular complexity index is 417. The topological polar surface area (TPSA) is 83.5 Å². The van der Waals surface area contributed by atoms with Gasteiger partial charge in [0.25, 0.3) is 0 Å². The first kappa shape index (κ1) is 15.2. The van der Waals surface area contributed by atoms with Crippen molar-refractivity contribution in [3.8, 4) is 0 Å². The van der Waals surface area contributed by atoms with Gasteiger partial charge in [0.2, 0.25) is 0 Å². The van der Waals surface area contributed by atoms with Gasteiger partial charge in [0, 0.05) is 37.5 Å². The molecule has 1 rings (SSSR count). The van der Waals surface area contributed by atoms with Gasteiger partial charge in [-0.1, -0.05) is 18.2 Å². The van der Waals surface area contributed by atoms with E-state index in [4.69, 9.17) is 5.73 Å². The summed E-state index contributed by atoms with van der Waals surface area (Å²) >= 11 is 0. The molecule has 0 spiro atoms. The van der Waals surface area contributed by atoms with E-state index in [2.05, 4.69) is 21.9 Å². The molecule has 0 saturated heterocycles. The van der Waals surface area contributed by atoms with Gasteiger partial charge in [-0.05, 0) is 25.5 Å². The van der Waals surface area contributed by atoms with E-state index in [0.29, 0.717) is 25.5 Å². The second-order valence-electron chi connectivity index (χ2n) is 4.61. The van der Waals surface area contributed by atoms with E-state index in [-0.39, 0.29) is 12.5 Å². The molecule has 1 unspecified atom stereocenters. The van der Waals surface area contributed by atoms with Crippen molar-refractivity contribution < 1.29 is 5.11 Å². The van der Waals surface area contributed by atoms with Crippen molar-refractivity contribution in [1.29, 1.82) is 0 Å². The second-order valence-corrected chi connectivity index (χ2v) is 4.61. The fourth-order valence-electron chi connectivity index (χ4n) is 1.53. The van der Waals surface area contributed by atoms with Crippen LogP contribution in [0.5, 0.6) is 0 Å². The van der Waals surface area contributed by atoms with Crippen molar-refractivity contribution in [3.05, 3.63) is 42.2 Å². The molecular formula is C14H22N4O. The molecule has 1 aromatic rings. The lowest BCUT2D eigenvalue weighted by Gasteiger charge is -2.12. The quantitative estimate of drug-likeness (QED) is 0.384. The van der Waals surface area contributed by atoms with Crippen LogP contribution in [-0.4, -0.2) is 35.7 Å². The molecule has 5 nitrogen and oxygen atoms in total. The molecule has 0 aromatic carbocycles. The Balaban J connectivity index is 2.44. The molecule has 4 N–H and O–H groups in total. The van der Waals surface area contributed by atoms with Crippen LogP contribution < -0.4 is 11.1 Å². The van der Waals surface area contributed by atoms with Crippen LogP contribution in [0.3, 0.4) is 0 Å². The molecule has 1 atom stereocenters. The minimum atomic E-state index is 0.0279. The molecule has 0 fully saturated rings. The smallest absolute Gasteiger partial charge is 0.188 e. The molecule has 104 valence electrons. The van der Waals surface area contributed by atoms with E-state index < -0.39 is 0 Å². The summed E-state index contributed by atoms with van der Waals surface area (Å²) in [6.07, 6.45) is 2.43. The summed E-state index contributed by atoms with van der Waals surface area (Å²) < 4.78 is 0. The van der Waals surface area contributed by atoms with Gasteiger partial charge in [-0.15, -0.1) is 0 Å². The normalized spacial score (nSPS) is 13.1. The Kier molecular flexibility index (Phi) is 6.60. The molecule has 0 aliphatic heterocycles. The summed E-state index contributed by atoms with van der Waals surface area (Å²) in [6, 6.07) is 5.74. The highest BCUT2D eigenvalue weighted by atomic mass is 16.3. The standard InChI is InChI=1S/C14H22N4O/c1-11(2)8-17-14(15)18-9-12(10-19)7-13-5-3-4-6-16-13/h3-6,12,19H,1,7-10H2,2H3,(H3,15,17,18). The minimum Gasteiger partial charge on any atom is -0.396 e. The number of aromatic nitrogens is 1. The maximum absolute atomic E-state index is 9.35. The molecule has 1 heterocycles. The van der Waals surface area contributed by atoms with Gasteiger partial charge in [-0.25, -0.2) is 0 Å². The molecule has 0 bridgehead atoms. The van der Waals surface area contributed by atoms with Crippen LogP contribution in [0.25, 0.3) is 0 Å². The molecule has 1 aromatic heterocycles. The van der Waals surface area contributed by atoms with Crippen LogP contribution in [0, 0.1) is 5.92 Å². The van der Waals surface area contributed by atoms with E-state index in [1.807, 2.05) is 25.1 Å². The van der Waals surface area contributed by atoms with Crippen molar-refractivity contribution in [2.75, 3.05) is 19.7 Å². The highest BCUT2D eigenvalue weighted by molar-refractivity contribution is 5.78. The fourth-order valence-corrected chi connectivity index (χ4v) is 1.53. The summed E-state index contributed by atoms with van der Waals surface area (Å²) in [7, 11) is 0. The first-order valence-electron chi connectivity index (χ1n) is 6.30. The average Bonchev–Trinajstić information content (AvgIpc) is 2.42. The van der Waals surface area contributed by atoms with E-state index in [9.17, 15) is 5.11 Å². The summed E-state index contributed by atoms with van der Waals surface area (Å²) in [6.45, 7) is 6.84. The van der Waals surface area contributed by atoms with Gasteiger partial charge in [-0.2, -0.15) is 0 Å². The number of nitrogens with one attached hydrogen (secondary N) is 1. The van der Waals surface area contributed by atoms with E-state index >= 15 is 0 Å². The number of nitrogens with two attached hydrogens (primary N) is 1. The highest BCUT2D eigenvalue weighted by Gasteiger charge is 2.08. The molecule has 19 heavy (non-hydrogen) atoms. The van der Waals surface area contributed by atoms with Crippen LogP contribution >= 0.6 is 0 Å². The summed E-state index contributed by atoms with van der Waals surface area (Å²) in [4.78, 5) is 8.45. The Morgan fingerprint density at radius 1 is 1.58 bits per heavy atom. The zero-order chi connectivity index (χ0) is 14.1. The zero-order valence-corrected chi connectivity index (χ0v) is 11.3. The molecule has 5 heteroatoms. The Labute approximate surface area is 114 Å². The number of hydrogen-bond donors (Lipinski definition) is 3. The Hall–Kier alpha value is -1.88. The maximum atomic E-state index is 9.35. The van der Waals surface area contributed by atoms with Crippen molar-refractivity contribution >= 4 is 5.96 Å². The van der Waals surface area contributed by atoms with E-state index in [1.165, 1.54) is 0 Å². The highest BCUT2D eigenvalue weighted by Crippen LogP contribution is 2.06. The summed E-state index contributed by atoms with van der Waals surface area (Å²) in [5.74, 6) is 0.405. The predicted molar refractivity (Wildman–Crippen MR) is 77.8 cm³/mol. The third kappa shape index (κ3) is 6.57. The van der Waals surface area contributed by atoms with Gasteiger partial charge in [0.15, 0.2) is 5.96 Å².